The van der Waals surface area contributed by atoms with Gasteiger partial charge >= 0.3 is 0 Å². The fraction of sp³-hybridized carbons (Fsp3) is 0.304. The lowest BCUT2D eigenvalue weighted by Crippen LogP contribution is -2.28. The average molecular weight is 428 g/mol. The molecular weight excluding hydrogens is 401 g/mol. The Morgan fingerprint density at radius 3 is 2.63 bits per heavy atom. The van der Waals surface area contributed by atoms with Crippen LogP contribution in [0.2, 0.25) is 0 Å². The van der Waals surface area contributed by atoms with Crippen LogP contribution in [0.4, 0.5) is 10.1 Å². The van der Waals surface area contributed by atoms with Gasteiger partial charge in [0.2, 0.25) is 0 Å². The topological polar surface area (TPSA) is 58.4 Å². The molecule has 30 heavy (non-hydrogen) atoms. The molecule has 0 fully saturated rings. The number of hydrogen-bond donors (Lipinski definition) is 1. The molecule has 0 spiro atoms. The van der Waals surface area contributed by atoms with Crippen molar-refractivity contribution in [1.82, 2.24) is 10.5 Å². The fourth-order valence-electron chi connectivity index (χ4n) is 3.13. The molecule has 5 nitrogen and oxygen atoms in total. The van der Waals surface area contributed by atoms with Crippen molar-refractivity contribution >= 4 is 23.4 Å². The van der Waals surface area contributed by atoms with Crippen molar-refractivity contribution in [3.05, 3.63) is 76.9 Å². The summed E-state index contributed by atoms with van der Waals surface area (Å²) < 4.78 is 19.1. The first kappa shape index (κ1) is 21.9. The number of benzene rings is 2. The van der Waals surface area contributed by atoms with Crippen LogP contribution in [-0.2, 0) is 5.75 Å². The molecule has 3 rings (SSSR count). The van der Waals surface area contributed by atoms with Crippen LogP contribution in [0.25, 0.3) is 0 Å². The van der Waals surface area contributed by atoms with E-state index >= 15 is 0 Å². The third kappa shape index (κ3) is 5.42. The number of nitrogens with one attached hydrogen (secondary N) is 1. The Hall–Kier alpha value is -2.80. The Kier molecular flexibility index (Phi) is 7.52. The molecule has 0 aliphatic carbocycles. The van der Waals surface area contributed by atoms with Gasteiger partial charge in [-0.25, -0.2) is 4.39 Å². The lowest BCUT2D eigenvalue weighted by Gasteiger charge is -2.20. The van der Waals surface area contributed by atoms with Gasteiger partial charge < -0.3 is 14.7 Å². The van der Waals surface area contributed by atoms with Crippen LogP contribution >= 0.6 is 11.8 Å². The molecule has 0 unspecified atom stereocenters. The number of para-hydroxylation sites is 1. The second-order valence-corrected chi connectivity index (χ2v) is 8.09. The molecule has 3 aromatic rings. The molecule has 0 aliphatic rings. The van der Waals surface area contributed by atoms with Gasteiger partial charge in [0.1, 0.15) is 11.6 Å². The minimum Gasteiger partial charge on any atom is -0.372 e. The smallest absolute Gasteiger partial charge is 0.252 e. The predicted octanol–water partition coefficient (Wildman–Crippen LogP) is 4.98. The number of carbonyl (C=O) groups is 1. The second kappa shape index (κ2) is 10.3. The van der Waals surface area contributed by atoms with E-state index < -0.39 is 0 Å². The van der Waals surface area contributed by atoms with Crippen molar-refractivity contribution in [1.29, 1.82) is 0 Å². The summed E-state index contributed by atoms with van der Waals surface area (Å²) in [5.74, 6) is 1.15. The van der Waals surface area contributed by atoms with Crippen LogP contribution in [0, 0.1) is 19.7 Å². The lowest BCUT2D eigenvalue weighted by molar-refractivity contribution is 0.0950. The highest BCUT2D eigenvalue weighted by atomic mass is 32.2. The Morgan fingerprint density at radius 1 is 1.17 bits per heavy atom. The molecule has 0 saturated heterocycles. The van der Waals surface area contributed by atoms with Crippen LogP contribution in [0.3, 0.4) is 0 Å². The van der Waals surface area contributed by atoms with Crippen LogP contribution in [-0.4, -0.2) is 31.2 Å². The van der Waals surface area contributed by atoms with Crippen LogP contribution in [0.5, 0.6) is 0 Å². The van der Waals surface area contributed by atoms with Gasteiger partial charge in [0, 0.05) is 36.3 Å². The highest BCUT2D eigenvalue weighted by Gasteiger charge is 2.14. The maximum absolute atomic E-state index is 13.8. The molecule has 1 amide bonds. The summed E-state index contributed by atoms with van der Waals surface area (Å²) in [5.41, 5.74) is 3.15. The normalized spacial score (nSPS) is 10.8. The number of rotatable bonds is 9. The van der Waals surface area contributed by atoms with E-state index in [2.05, 4.69) is 10.5 Å². The Bertz CT molecular complexity index is 986. The summed E-state index contributed by atoms with van der Waals surface area (Å²) in [6, 6.07) is 14.3. The van der Waals surface area contributed by atoms with Crippen LogP contribution in [0.15, 0.2) is 57.9 Å². The van der Waals surface area contributed by atoms with Crippen molar-refractivity contribution in [3.63, 3.8) is 0 Å². The second-order valence-electron chi connectivity index (χ2n) is 7.07. The van der Waals surface area contributed by atoms with Gasteiger partial charge in [0.25, 0.3) is 5.91 Å². The van der Waals surface area contributed by atoms with Gasteiger partial charge in [0.15, 0.2) is 0 Å². The monoisotopic (exact) mass is 427 g/mol. The zero-order valence-electron chi connectivity index (χ0n) is 17.4. The van der Waals surface area contributed by atoms with Gasteiger partial charge in [-0.3, -0.25) is 4.79 Å². The summed E-state index contributed by atoms with van der Waals surface area (Å²) >= 11 is 1.59. The minimum atomic E-state index is -0.242. The largest absolute Gasteiger partial charge is 0.372 e. The molecule has 0 atom stereocenters. The van der Waals surface area contributed by atoms with Crippen molar-refractivity contribution in [2.75, 3.05) is 25.0 Å². The third-order valence-corrected chi connectivity index (χ3v) is 6.00. The van der Waals surface area contributed by atoms with Gasteiger partial charge in [-0.15, -0.1) is 11.8 Å². The van der Waals surface area contributed by atoms with E-state index in [1.54, 1.807) is 23.9 Å². The summed E-state index contributed by atoms with van der Waals surface area (Å²) in [6.07, 6.45) is 0.713. The van der Waals surface area contributed by atoms with E-state index in [4.69, 9.17) is 4.52 Å². The summed E-state index contributed by atoms with van der Waals surface area (Å²) in [4.78, 5) is 15.5. The van der Waals surface area contributed by atoms with Gasteiger partial charge in [-0.1, -0.05) is 29.4 Å². The zero-order chi connectivity index (χ0) is 21.5. The standard InChI is InChI=1S/C23H26FN3O2S/c1-16-19(17(2)29-26-16)15-30-22-12-7-4-9-18(22)23(28)25-13-8-14-27(3)21-11-6-5-10-20(21)24/h4-7,9-12H,8,13-15H2,1-3H3,(H,25,28). The van der Waals surface area contributed by atoms with Gasteiger partial charge in [0.05, 0.1) is 16.9 Å². The van der Waals surface area contributed by atoms with Gasteiger partial charge in [-0.05, 0) is 44.5 Å². The quantitative estimate of drug-likeness (QED) is 0.386. The Labute approximate surface area is 180 Å². The summed E-state index contributed by atoms with van der Waals surface area (Å²) in [7, 11) is 1.85. The number of nitrogens with zero attached hydrogens (tertiary/aromatic N) is 2. The van der Waals surface area contributed by atoms with Gasteiger partial charge in [-0.2, -0.15) is 0 Å². The molecule has 1 heterocycles. The fourth-order valence-corrected chi connectivity index (χ4v) is 4.34. The number of carbonyl (C=O) groups excluding carboxylic acids is 1. The van der Waals surface area contributed by atoms with Crippen LogP contribution < -0.4 is 10.2 Å². The highest BCUT2D eigenvalue weighted by molar-refractivity contribution is 7.98. The minimum absolute atomic E-state index is 0.106. The van der Waals surface area contributed by atoms with E-state index in [0.717, 1.165) is 21.9 Å². The Balaban J connectivity index is 1.52. The molecule has 0 saturated carbocycles. The molecule has 2 aromatic carbocycles. The first-order valence-electron chi connectivity index (χ1n) is 9.85. The predicted molar refractivity (Wildman–Crippen MR) is 119 cm³/mol. The molecule has 0 bridgehead atoms. The van der Waals surface area contributed by atoms with E-state index in [1.165, 1.54) is 6.07 Å². The van der Waals surface area contributed by atoms with E-state index in [1.807, 2.05) is 56.1 Å². The number of hydrogen-bond acceptors (Lipinski definition) is 5. The SMILES string of the molecule is Cc1noc(C)c1CSc1ccccc1C(=O)NCCCN(C)c1ccccc1F. The average Bonchev–Trinajstić information content (AvgIpc) is 3.07. The number of halogens is 1. The number of aryl methyl sites for hydroxylation is 2. The maximum atomic E-state index is 13.8. The lowest BCUT2D eigenvalue weighted by atomic mass is 10.2. The molecule has 0 radical (unpaired) electrons. The van der Waals surface area contributed by atoms with Crippen molar-refractivity contribution in [2.45, 2.75) is 30.9 Å². The zero-order valence-corrected chi connectivity index (χ0v) is 18.3. The highest BCUT2D eigenvalue weighted by Crippen LogP contribution is 2.28. The van der Waals surface area contributed by atoms with E-state index in [-0.39, 0.29) is 11.7 Å². The molecule has 1 aromatic heterocycles. The first-order valence-corrected chi connectivity index (χ1v) is 10.8. The molecule has 158 valence electrons. The van der Waals surface area contributed by atoms with Crippen molar-refractivity contribution in [2.24, 2.45) is 0 Å². The number of amides is 1. The molecular formula is C23H26FN3O2S. The number of aromatic nitrogens is 1. The third-order valence-electron chi connectivity index (χ3n) is 4.90. The number of thioether (sulfide) groups is 1. The molecule has 7 heteroatoms. The number of anilines is 1. The van der Waals surface area contributed by atoms with Crippen LogP contribution in [0.1, 0.15) is 33.8 Å². The van der Waals surface area contributed by atoms with E-state index in [0.29, 0.717) is 36.5 Å². The maximum Gasteiger partial charge on any atom is 0.252 e. The molecule has 0 aliphatic heterocycles. The van der Waals surface area contributed by atoms with E-state index in [9.17, 15) is 9.18 Å². The Morgan fingerprint density at radius 2 is 1.90 bits per heavy atom. The molecule has 1 N–H and O–H groups in total. The summed E-state index contributed by atoms with van der Waals surface area (Å²) in [5, 5.41) is 6.96. The first-order chi connectivity index (χ1) is 14.5. The van der Waals surface area contributed by atoms with Crippen molar-refractivity contribution < 1.29 is 13.7 Å². The summed E-state index contributed by atoms with van der Waals surface area (Å²) in [6.45, 7) is 4.97. The van der Waals surface area contributed by atoms with Crippen molar-refractivity contribution in [3.8, 4) is 0 Å².